The first kappa shape index (κ1) is 20.2. The van der Waals surface area contributed by atoms with Crippen LogP contribution in [0, 0.1) is 0 Å². The maximum Gasteiger partial charge on any atom is 0.151 e. The Morgan fingerprint density at radius 2 is 1.96 bits per heavy atom. The minimum atomic E-state index is 0.310. The van der Waals surface area contributed by atoms with Gasteiger partial charge in [-0.25, -0.2) is 0 Å². The van der Waals surface area contributed by atoms with Gasteiger partial charge in [0.2, 0.25) is 0 Å². The lowest BCUT2D eigenvalue weighted by Gasteiger charge is -2.12. The van der Waals surface area contributed by atoms with Gasteiger partial charge >= 0.3 is 0 Å². The second-order valence-corrected chi connectivity index (χ2v) is 8.64. The van der Waals surface area contributed by atoms with Gasteiger partial charge in [0.25, 0.3) is 0 Å². The van der Waals surface area contributed by atoms with E-state index in [0.29, 0.717) is 15.6 Å². The van der Waals surface area contributed by atoms with Crippen molar-refractivity contribution in [3.8, 4) is 11.1 Å². The van der Waals surface area contributed by atoms with Crippen molar-refractivity contribution in [2.75, 3.05) is 4.43 Å². The van der Waals surface area contributed by atoms with E-state index in [1.807, 2.05) is 12.1 Å². The maximum absolute atomic E-state index is 11.2. The van der Waals surface area contributed by atoms with Crippen LogP contribution in [0.15, 0.2) is 34.8 Å². The minimum Gasteiger partial charge on any atom is -0.343 e. The van der Waals surface area contributed by atoms with E-state index >= 15 is 0 Å². The van der Waals surface area contributed by atoms with Crippen molar-refractivity contribution in [3.05, 3.63) is 56.1 Å². The fraction of sp³-hybridized carbons (Fsp3) is 0.250. The molecule has 1 aromatic heterocycles. The summed E-state index contributed by atoms with van der Waals surface area (Å²) in [6, 6.07) is 9.86. The highest BCUT2D eigenvalue weighted by Crippen LogP contribution is 2.43. The fourth-order valence-electron chi connectivity index (χ4n) is 3.40. The molecule has 6 heteroatoms. The van der Waals surface area contributed by atoms with Crippen LogP contribution in [0.3, 0.4) is 0 Å². The number of carbonyl (C=O) groups is 1. The van der Waals surface area contributed by atoms with Gasteiger partial charge in [-0.1, -0.05) is 70.9 Å². The Balaban J connectivity index is 2.38. The molecule has 0 bridgehead atoms. The van der Waals surface area contributed by atoms with Crippen LogP contribution in [-0.4, -0.2) is 15.3 Å². The van der Waals surface area contributed by atoms with Crippen molar-refractivity contribution >= 4 is 78.9 Å². The summed E-state index contributed by atoms with van der Waals surface area (Å²) in [5.74, 6) is 0. The largest absolute Gasteiger partial charge is 0.343 e. The van der Waals surface area contributed by atoms with Crippen molar-refractivity contribution in [1.82, 2.24) is 4.57 Å². The number of hydrogen-bond acceptors (Lipinski definition) is 1. The predicted octanol–water partition coefficient (Wildman–Crippen LogP) is 7.58. The number of aryl methyl sites for hydroxylation is 1. The number of aromatic nitrogens is 1. The van der Waals surface area contributed by atoms with E-state index in [-0.39, 0.29) is 0 Å². The summed E-state index contributed by atoms with van der Waals surface area (Å²) in [6.07, 6.45) is 2.71. The number of halogens is 4. The van der Waals surface area contributed by atoms with Crippen LogP contribution >= 0.6 is 61.7 Å². The molecule has 0 saturated heterocycles. The lowest BCUT2D eigenvalue weighted by Crippen LogP contribution is -2.04. The van der Waals surface area contributed by atoms with E-state index in [4.69, 9.17) is 23.2 Å². The van der Waals surface area contributed by atoms with E-state index < -0.39 is 0 Å². The molecule has 136 valence electrons. The highest BCUT2D eigenvalue weighted by Gasteiger charge is 2.22. The second kappa shape index (κ2) is 8.63. The maximum atomic E-state index is 11.2. The molecule has 0 unspecified atom stereocenters. The zero-order chi connectivity index (χ0) is 18.8. The Morgan fingerprint density at radius 3 is 2.62 bits per heavy atom. The Bertz CT molecular complexity index is 984. The minimum absolute atomic E-state index is 0.310. The van der Waals surface area contributed by atoms with E-state index in [1.165, 1.54) is 11.2 Å². The van der Waals surface area contributed by atoms with E-state index in [1.54, 1.807) is 6.07 Å². The molecule has 1 heterocycles. The standard InChI is InChI=1S/C20H17BrCl2INO/c1-2-16-17(13-8-7-12(11-26)18(22)19(13)23)14-5-3-6-15(21)20(14)25(16)10-4-9-24/h3,5-8,11H,2,4,9-10H2,1H3. The summed E-state index contributed by atoms with van der Waals surface area (Å²) in [4.78, 5) is 11.2. The van der Waals surface area contributed by atoms with Gasteiger partial charge in [-0.2, -0.15) is 0 Å². The molecule has 3 rings (SSSR count). The topological polar surface area (TPSA) is 22.0 Å². The van der Waals surface area contributed by atoms with Crippen LogP contribution in [0.25, 0.3) is 22.0 Å². The summed E-state index contributed by atoms with van der Waals surface area (Å²) in [6.45, 7) is 3.10. The number of para-hydroxylation sites is 1. The highest BCUT2D eigenvalue weighted by atomic mass is 127. The smallest absolute Gasteiger partial charge is 0.151 e. The van der Waals surface area contributed by atoms with Gasteiger partial charge < -0.3 is 4.57 Å². The molecule has 0 radical (unpaired) electrons. The summed E-state index contributed by atoms with van der Waals surface area (Å²) < 4.78 is 4.54. The third kappa shape index (κ3) is 3.46. The van der Waals surface area contributed by atoms with Crippen LogP contribution in [0.4, 0.5) is 0 Å². The molecule has 26 heavy (non-hydrogen) atoms. The highest BCUT2D eigenvalue weighted by molar-refractivity contribution is 14.1. The number of fused-ring (bicyclic) bond motifs is 1. The molecule has 0 saturated carbocycles. The summed E-state index contributed by atoms with van der Waals surface area (Å²) in [7, 11) is 0. The van der Waals surface area contributed by atoms with Crippen molar-refractivity contribution in [1.29, 1.82) is 0 Å². The predicted molar refractivity (Wildman–Crippen MR) is 123 cm³/mol. The Labute approximate surface area is 185 Å². The van der Waals surface area contributed by atoms with Crippen molar-refractivity contribution < 1.29 is 4.79 Å². The van der Waals surface area contributed by atoms with E-state index in [9.17, 15) is 4.79 Å². The van der Waals surface area contributed by atoms with E-state index in [2.05, 4.69) is 62.1 Å². The number of carbonyl (C=O) groups excluding carboxylic acids is 1. The Hall–Kier alpha value is -0.560. The number of benzene rings is 2. The van der Waals surface area contributed by atoms with Crippen molar-refractivity contribution in [2.45, 2.75) is 26.3 Å². The number of alkyl halides is 1. The van der Waals surface area contributed by atoms with Crippen LogP contribution in [0.5, 0.6) is 0 Å². The third-order valence-electron chi connectivity index (χ3n) is 4.50. The van der Waals surface area contributed by atoms with E-state index in [0.717, 1.165) is 51.1 Å². The van der Waals surface area contributed by atoms with Gasteiger partial charge in [0.1, 0.15) is 0 Å². The molecule has 0 amide bonds. The van der Waals surface area contributed by atoms with Crippen molar-refractivity contribution in [2.24, 2.45) is 0 Å². The van der Waals surface area contributed by atoms with Crippen LogP contribution in [-0.2, 0) is 13.0 Å². The molecule has 0 aliphatic rings. The van der Waals surface area contributed by atoms with Gasteiger partial charge in [0, 0.05) is 43.2 Å². The molecule has 3 aromatic rings. The lowest BCUT2D eigenvalue weighted by atomic mass is 9.99. The fourth-order valence-corrected chi connectivity index (χ4v) is 4.80. The number of hydrogen-bond donors (Lipinski definition) is 0. The monoisotopic (exact) mass is 563 g/mol. The molecular formula is C20H17BrCl2INO. The third-order valence-corrected chi connectivity index (χ3v) is 6.80. The molecule has 0 aliphatic heterocycles. The first-order valence-corrected chi connectivity index (χ1v) is 11.4. The van der Waals surface area contributed by atoms with Crippen LogP contribution < -0.4 is 0 Å². The zero-order valence-corrected chi connectivity index (χ0v) is 19.4. The average Bonchev–Trinajstić information content (AvgIpc) is 2.96. The molecule has 2 nitrogen and oxygen atoms in total. The molecule has 2 aromatic carbocycles. The molecule has 0 spiro atoms. The molecule has 0 atom stereocenters. The first-order chi connectivity index (χ1) is 12.5. The Kier molecular flexibility index (Phi) is 6.70. The zero-order valence-electron chi connectivity index (χ0n) is 14.2. The molecule has 0 aliphatic carbocycles. The van der Waals surface area contributed by atoms with Gasteiger partial charge in [0.15, 0.2) is 6.29 Å². The second-order valence-electron chi connectivity index (χ2n) is 5.95. The molecule has 0 N–H and O–H groups in total. The summed E-state index contributed by atoms with van der Waals surface area (Å²) >= 11 is 19.0. The first-order valence-electron chi connectivity index (χ1n) is 8.34. The van der Waals surface area contributed by atoms with Gasteiger partial charge in [0.05, 0.1) is 15.6 Å². The SMILES string of the molecule is CCc1c(-c2ccc(C=O)c(Cl)c2Cl)c2cccc(Br)c2n1CCCI. The number of aldehydes is 1. The van der Waals surface area contributed by atoms with Crippen molar-refractivity contribution in [3.63, 3.8) is 0 Å². The van der Waals surface area contributed by atoms with Gasteiger partial charge in [-0.3, -0.25) is 4.79 Å². The van der Waals surface area contributed by atoms with Crippen LogP contribution in [0.2, 0.25) is 10.0 Å². The average molecular weight is 565 g/mol. The van der Waals surface area contributed by atoms with Gasteiger partial charge in [-0.05, 0) is 40.9 Å². The quantitative estimate of drug-likeness (QED) is 0.172. The van der Waals surface area contributed by atoms with Gasteiger partial charge in [-0.15, -0.1) is 0 Å². The summed E-state index contributed by atoms with van der Waals surface area (Å²) in [5.41, 5.74) is 4.79. The normalized spacial score (nSPS) is 11.3. The van der Waals surface area contributed by atoms with Crippen LogP contribution in [0.1, 0.15) is 29.4 Å². The number of nitrogens with zero attached hydrogens (tertiary/aromatic N) is 1. The summed E-state index contributed by atoms with van der Waals surface area (Å²) in [5, 5.41) is 1.88. The molecule has 0 fully saturated rings. The number of rotatable bonds is 6. The Morgan fingerprint density at radius 1 is 1.19 bits per heavy atom. The lowest BCUT2D eigenvalue weighted by molar-refractivity contribution is 0.112. The molecular weight excluding hydrogens is 548 g/mol.